The lowest BCUT2D eigenvalue weighted by Gasteiger charge is -2.12. The van der Waals surface area contributed by atoms with Crippen LogP contribution in [0.1, 0.15) is 22.0 Å². The fourth-order valence-corrected chi connectivity index (χ4v) is 4.18. The van der Waals surface area contributed by atoms with Crippen LogP contribution in [0.5, 0.6) is 5.88 Å². The van der Waals surface area contributed by atoms with Crippen molar-refractivity contribution in [2.75, 3.05) is 17.7 Å². The lowest BCUT2D eigenvalue weighted by atomic mass is 9.97. The molecule has 3 aromatic heterocycles. The van der Waals surface area contributed by atoms with E-state index in [1.54, 1.807) is 13.0 Å². The number of aromatic nitrogens is 5. The van der Waals surface area contributed by atoms with Gasteiger partial charge in [0.2, 0.25) is 17.5 Å². The Morgan fingerprint density at radius 3 is 2.61 bits per heavy atom. The Balaban J connectivity index is 1.34. The van der Waals surface area contributed by atoms with Crippen molar-refractivity contribution in [1.29, 1.82) is 0 Å². The van der Waals surface area contributed by atoms with Gasteiger partial charge in [0.25, 0.3) is 11.8 Å². The van der Waals surface area contributed by atoms with Gasteiger partial charge < -0.3 is 19.1 Å². The van der Waals surface area contributed by atoms with Crippen molar-refractivity contribution >= 4 is 40.9 Å². The first-order valence-electron chi connectivity index (χ1n) is 10.8. The van der Waals surface area contributed by atoms with E-state index in [0.29, 0.717) is 11.1 Å². The van der Waals surface area contributed by atoms with Gasteiger partial charge in [-0.05, 0) is 34.5 Å². The van der Waals surface area contributed by atoms with Crippen LogP contribution in [0.3, 0.4) is 0 Å². The monoisotopic (exact) mass is 559 g/mol. The first kappa shape index (κ1) is 25.2. The predicted octanol–water partition coefficient (Wildman–Crippen LogP) is 5.36. The normalized spacial score (nSPS) is 11.0. The summed E-state index contributed by atoms with van der Waals surface area (Å²) in [5.74, 6) is -1.19. The number of hydrogen-bond acceptors (Lipinski definition) is 11. The molecule has 11 nitrogen and oxygen atoms in total. The summed E-state index contributed by atoms with van der Waals surface area (Å²) >= 11 is 6.92. The number of amides is 1. The predicted molar refractivity (Wildman–Crippen MR) is 133 cm³/mol. The molecule has 2 N–H and O–H groups in total. The molecule has 194 valence electrons. The number of ether oxygens (including phenoxy) is 1. The number of halogens is 3. The van der Waals surface area contributed by atoms with Crippen LogP contribution in [0.15, 0.2) is 45.4 Å². The first-order chi connectivity index (χ1) is 18.3. The van der Waals surface area contributed by atoms with Gasteiger partial charge in [0.05, 0.1) is 30.5 Å². The zero-order chi connectivity index (χ0) is 26.8. The molecule has 0 fully saturated rings. The molecule has 2 aromatic carbocycles. The van der Waals surface area contributed by atoms with Crippen molar-refractivity contribution in [1.82, 2.24) is 24.0 Å². The summed E-state index contributed by atoms with van der Waals surface area (Å²) in [6.07, 6.45) is 0. The summed E-state index contributed by atoms with van der Waals surface area (Å²) in [5, 5.41) is 13.0. The lowest BCUT2D eigenvalue weighted by Crippen LogP contribution is -2.13. The zero-order valence-corrected chi connectivity index (χ0v) is 21.2. The van der Waals surface area contributed by atoms with Crippen LogP contribution >= 0.6 is 23.3 Å². The average molecular weight is 560 g/mol. The van der Waals surface area contributed by atoms with Gasteiger partial charge in [-0.3, -0.25) is 10.1 Å². The largest absolute Gasteiger partial charge is 0.479 e. The summed E-state index contributed by atoms with van der Waals surface area (Å²) in [6.45, 7) is 1.59. The number of nitrogens with zero attached hydrogens (tertiary/aromatic N) is 5. The Morgan fingerprint density at radius 1 is 1.08 bits per heavy atom. The molecule has 0 spiro atoms. The molecule has 1 amide bonds. The Morgan fingerprint density at radius 2 is 1.89 bits per heavy atom. The van der Waals surface area contributed by atoms with Crippen LogP contribution < -0.4 is 15.4 Å². The maximum Gasteiger partial charge on any atom is 0.295 e. The van der Waals surface area contributed by atoms with Gasteiger partial charge in [-0.25, -0.2) is 8.78 Å². The summed E-state index contributed by atoms with van der Waals surface area (Å²) in [7, 11) is 1.39. The van der Waals surface area contributed by atoms with E-state index in [-0.39, 0.29) is 57.7 Å². The topological polar surface area (TPSA) is 141 Å². The Bertz CT molecular complexity index is 1640. The summed E-state index contributed by atoms with van der Waals surface area (Å²) < 4.78 is 52.9. The highest BCUT2D eigenvalue weighted by molar-refractivity contribution is 6.99. The van der Waals surface area contributed by atoms with Crippen LogP contribution in [-0.2, 0) is 6.54 Å². The van der Waals surface area contributed by atoms with Crippen LogP contribution in [0.4, 0.5) is 20.4 Å². The summed E-state index contributed by atoms with van der Waals surface area (Å²) in [5.41, 5.74) is 0.969. The molecular weight excluding hydrogens is 544 g/mol. The number of rotatable bonds is 8. The molecule has 0 atom stereocenters. The Labute approximate surface area is 222 Å². The van der Waals surface area contributed by atoms with Crippen LogP contribution in [-0.4, -0.2) is 37.1 Å². The number of carbonyl (C=O) groups excluding carboxylic acids is 1. The molecule has 5 rings (SSSR count). The summed E-state index contributed by atoms with van der Waals surface area (Å²) in [6, 6.07) is 8.33. The van der Waals surface area contributed by atoms with Crippen LogP contribution in [0, 0.1) is 18.6 Å². The van der Waals surface area contributed by atoms with E-state index in [4.69, 9.17) is 25.4 Å². The van der Waals surface area contributed by atoms with Gasteiger partial charge in [0.15, 0.2) is 11.6 Å². The third-order valence-corrected chi connectivity index (χ3v) is 6.01. The van der Waals surface area contributed by atoms with Crippen molar-refractivity contribution in [3.05, 3.63) is 70.3 Å². The van der Waals surface area contributed by atoms with Crippen molar-refractivity contribution in [2.24, 2.45) is 0 Å². The van der Waals surface area contributed by atoms with Gasteiger partial charge >= 0.3 is 0 Å². The van der Waals surface area contributed by atoms with Crippen LogP contribution in [0.2, 0.25) is 5.02 Å². The molecule has 0 bridgehead atoms. The van der Waals surface area contributed by atoms with Crippen molar-refractivity contribution in [3.63, 3.8) is 0 Å². The molecular formula is C23H16ClF2N7O4S. The van der Waals surface area contributed by atoms with Crippen molar-refractivity contribution < 1.29 is 27.4 Å². The molecule has 0 aliphatic rings. The number of aryl methyl sites for hydroxylation is 1. The third kappa shape index (κ3) is 5.17. The van der Waals surface area contributed by atoms with E-state index in [0.717, 1.165) is 17.8 Å². The van der Waals surface area contributed by atoms with E-state index in [2.05, 4.69) is 34.7 Å². The van der Waals surface area contributed by atoms with E-state index in [9.17, 15) is 9.18 Å². The molecule has 3 heterocycles. The number of nitrogens with one attached hydrogen (secondary N) is 2. The second-order valence-electron chi connectivity index (χ2n) is 7.76. The minimum absolute atomic E-state index is 0.0112. The molecule has 0 aliphatic heterocycles. The Hall–Kier alpha value is -4.43. The molecule has 0 unspecified atom stereocenters. The minimum Gasteiger partial charge on any atom is -0.479 e. The molecule has 0 saturated carbocycles. The first-order valence-corrected chi connectivity index (χ1v) is 11.9. The number of carbonyl (C=O) groups is 1. The molecule has 0 aliphatic carbocycles. The SMILES string of the molecule is COc1cc(C(=O)Nc2nsnc2NCc2ccc(-c3cc(Cl)cc(F)c3-c3noc(C)n3)cc2F)on1. The number of hydrogen-bond donors (Lipinski definition) is 2. The standard InChI is InChI=1S/C23H16ClF2N7O4S/c1-10-28-20(31-36-10)19-14(6-13(24)7-16(19)26)11-3-4-12(15(25)5-11)9-27-21-22(33-38-32-21)29-23(34)17-8-18(35-2)30-37-17/h3-8H,9H2,1-2H3,(H,27,32)(H,29,33,34). The van der Waals surface area contributed by atoms with E-state index in [1.807, 2.05) is 0 Å². The lowest BCUT2D eigenvalue weighted by molar-refractivity contribution is 0.0987. The average Bonchev–Trinajstić information content (AvgIpc) is 3.64. The zero-order valence-electron chi connectivity index (χ0n) is 19.6. The van der Waals surface area contributed by atoms with Gasteiger partial charge in [0.1, 0.15) is 11.6 Å². The minimum atomic E-state index is -0.672. The Kier molecular flexibility index (Phi) is 6.98. The quantitative estimate of drug-likeness (QED) is 0.255. The fourth-order valence-electron chi connectivity index (χ4n) is 3.48. The van der Waals surface area contributed by atoms with Crippen molar-refractivity contribution in [3.8, 4) is 28.4 Å². The molecule has 5 aromatic rings. The summed E-state index contributed by atoms with van der Waals surface area (Å²) in [4.78, 5) is 16.5. The highest BCUT2D eigenvalue weighted by Crippen LogP contribution is 2.36. The number of methoxy groups -OCH3 is 1. The van der Waals surface area contributed by atoms with E-state index >= 15 is 4.39 Å². The van der Waals surface area contributed by atoms with Gasteiger partial charge in [0, 0.05) is 24.1 Å². The molecule has 15 heteroatoms. The second kappa shape index (κ2) is 10.5. The maximum absolute atomic E-state index is 15.1. The maximum atomic E-state index is 15.1. The van der Waals surface area contributed by atoms with E-state index in [1.165, 1.54) is 31.4 Å². The fraction of sp³-hybridized carbons (Fsp3) is 0.130. The number of benzene rings is 2. The number of anilines is 2. The third-order valence-electron chi connectivity index (χ3n) is 5.26. The van der Waals surface area contributed by atoms with Gasteiger partial charge in [-0.2, -0.15) is 13.7 Å². The van der Waals surface area contributed by atoms with Crippen LogP contribution in [0.25, 0.3) is 22.5 Å². The smallest absolute Gasteiger partial charge is 0.295 e. The van der Waals surface area contributed by atoms with Crippen molar-refractivity contribution in [2.45, 2.75) is 13.5 Å². The van der Waals surface area contributed by atoms with E-state index < -0.39 is 17.5 Å². The molecule has 0 radical (unpaired) electrons. The highest BCUT2D eigenvalue weighted by Gasteiger charge is 2.21. The van der Waals surface area contributed by atoms with Gasteiger partial charge in [-0.15, -0.1) is 0 Å². The second-order valence-corrected chi connectivity index (χ2v) is 8.72. The molecule has 0 saturated heterocycles. The molecule has 38 heavy (non-hydrogen) atoms. The highest BCUT2D eigenvalue weighted by atomic mass is 35.5. The van der Waals surface area contributed by atoms with Gasteiger partial charge in [-0.1, -0.05) is 28.9 Å².